The molecule has 1 N–H and O–H groups in total. The van der Waals surface area contributed by atoms with Crippen LogP contribution in [0.15, 0.2) is 18.6 Å². The average Bonchev–Trinajstić information content (AvgIpc) is 3.36. The van der Waals surface area contributed by atoms with E-state index < -0.39 is 41.3 Å². The molecule has 2 aromatic rings. The van der Waals surface area contributed by atoms with Gasteiger partial charge in [0.15, 0.2) is 5.69 Å². The molecular weight excluding hydrogens is 520 g/mol. The van der Waals surface area contributed by atoms with Gasteiger partial charge in [-0.3, -0.25) is 19.3 Å². The monoisotopic (exact) mass is 546 g/mol. The molecule has 0 radical (unpaired) electrons. The lowest BCUT2D eigenvalue weighted by atomic mass is 9.86. The second kappa shape index (κ2) is 10.2. The Labute approximate surface area is 216 Å². The molecule has 2 fully saturated rings. The summed E-state index contributed by atoms with van der Waals surface area (Å²) in [5, 5.41) is 13.9. The van der Waals surface area contributed by atoms with Crippen molar-refractivity contribution < 1.29 is 27.9 Å². The summed E-state index contributed by atoms with van der Waals surface area (Å²) in [5.74, 6) is -2.27. The molecule has 0 atom stereocenters. The predicted molar refractivity (Wildman–Crippen MR) is 127 cm³/mol. The minimum atomic E-state index is -4.81. The number of nitrogens with zero attached hydrogens (tertiary/aromatic N) is 4. The zero-order chi connectivity index (χ0) is 26.3. The highest BCUT2D eigenvalue weighted by Crippen LogP contribution is 2.46. The van der Waals surface area contributed by atoms with E-state index >= 15 is 0 Å². The molecule has 2 aliphatic carbocycles. The predicted octanol–water partition coefficient (Wildman–Crippen LogP) is 5.90. The molecule has 2 aliphatic rings. The summed E-state index contributed by atoms with van der Waals surface area (Å²) in [6, 6.07) is -0.623. The molecule has 0 unspecified atom stereocenters. The van der Waals surface area contributed by atoms with Crippen molar-refractivity contribution in [1.29, 1.82) is 0 Å². The topological polar surface area (TPSA) is 88.3 Å². The number of amides is 1. The molecule has 2 aromatic heterocycles. The quantitative estimate of drug-likeness (QED) is 0.445. The van der Waals surface area contributed by atoms with Crippen LogP contribution >= 0.6 is 23.2 Å². The summed E-state index contributed by atoms with van der Waals surface area (Å²) in [4.78, 5) is 30.1. The second-order valence-electron chi connectivity index (χ2n) is 10.1. The molecule has 0 aromatic carbocycles. The van der Waals surface area contributed by atoms with E-state index in [1.165, 1.54) is 17.3 Å². The van der Waals surface area contributed by atoms with E-state index in [2.05, 4.69) is 10.1 Å². The number of carbonyl (C=O) groups excluding carboxylic acids is 1. The number of alkyl halides is 3. The van der Waals surface area contributed by atoms with Crippen molar-refractivity contribution in [3.63, 3.8) is 0 Å². The highest BCUT2D eigenvalue weighted by Gasteiger charge is 2.45. The van der Waals surface area contributed by atoms with Gasteiger partial charge >= 0.3 is 12.1 Å². The van der Waals surface area contributed by atoms with Crippen LogP contribution in [0.1, 0.15) is 73.1 Å². The standard InChI is InChI=1S/C24H27Cl2F3N4O3/c1-23(7-8-23)13-32(9-6-16-18(25)11-30-12-19(16)26)21(34)17-10-31-33(20(17)24(27,28)29)15-4-2-14(3-5-15)22(35)36/h10-12,14-15H,2-9,13H2,1H3,(H,35,36)/t14-,15+. The van der Waals surface area contributed by atoms with Crippen LogP contribution in [0.5, 0.6) is 0 Å². The minimum Gasteiger partial charge on any atom is -0.481 e. The summed E-state index contributed by atoms with van der Waals surface area (Å²) >= 11 is 12.4. The van der Waals surface area contributed by atoms with Gasteiger partial charge < -0.3 is 10.0 Å². The van der Waals surface area contributed by atoms with E-state index in [0.717, 1.165) is 23.7 Å². The lowest BCUT2D eigenvalue weighted by Gasteiger charge is -2.29. The number of carbonyl (C=O) groups is 2. The van der Waals surface area contributed by atoms with Crippen LogP contribution in [0.2, 0.25) is 10.0 Å². The third-order valence-corrected chi connectivity index (χ3v) is 7.89. The highest BCUT2D eigenvalue weighted by atomic mass is 35.5. The Morgan fingerprint density at radius 3 is 2.28 bits per heavy atom. The number of halogens is 5. The lowest BCUT2D eigenvalue weighted by Crippen LogP contribution is -2.38. The molecule has 12 heteroatoms. The first-order chi connectivity index (χ1) is 16.9. The molecule has 1 amide bonds. The lowest BCUT2D eigenvalue weighted by molar-refractivity contribution is -0.147. The maximum absolute atomic E-state index is 14.3. The van der Waals surface area contributed by atoms with E-state index in [1.807, 2.05) is 6.92 Å². The number of hydrogen-bond acceptors (Lipinski definition) is 4. The SMILES string of the molecule is CC1(CN(CCc2c(Cl)cncc2Cl)C(=O)c2cnn([C@H]3CC[C@@H](C(=O)O)CC3)c2C(F)(F)F)CC1. The van der Waals surface area contributed by atoms with Gasteiger partial charge in [-0.05, 0) is 55.9 Å². The average molecular weight is 547 g/mol. The van der Waals surface area contributed by atoms with Gasteiger partial charge in [0.05, 0.1) is 33.8 Å². The molecule has 0 saturated heterocycles. The Balaban J connectivity index is 1.61. The molecule has 0 bridgehead atoms. The van der Waals surface area contributed by atoms with Crippen molar-refractivity contribution in [2.24, 2.45) is 11.3 Å². The van der Waals surface area contributed by atoms with Crippen molar-refractivity contribution in [3.8, 4) is 0 Å². The Hall–Kier alpha value is -2.33. The summed E-state index contributed by atoms with van der Waals surface area (Å²) in [7, 11) is 0. The van der Waals surface area contributed by atoms with Crippen LogP contribution in [0.3, 0.4) is 0 Å². The maximum atomic E-state index is 14.3. The van der Waals surface area contributed by atoms with Gasteiger partial charge in [0.25, 0.3) is 5.91 Å². The Kier molecular flexibility index (Phi) is 7.57. The third kappa shape index (κ3) is 5.80. The van der Waals surface area contributed by atoms with E-state index in [4.69, 9.17) is 23.2 Å². The zero-order valence-corrected chi connectivity index (χ0v) is 21.2. The number of pyridine rings is 1. The molecule has 2 heterocycles. The van der Waals surface area contributed by atoms with E-state index in [1.54, 1.807) is 0 Å². The summed E-state index contributed by atoms with van der Waals surface area (Å²) < 4.78 is 43.7. The van der Waals surface area contributed by atoms with Crippen LogP contribution in [0.4, 0.5) is 13.2 Å². The van der Waals surface area contributed by atoms with Gasteiger partial charge in [-0.2, -0.15) is 18.3 Å². The van der Waals surface area contributed by atoms with E-state index in [0.29, 0.717) is 22.2 Å². The summed E-state index contributed by atoms with van der Waals surface area (Å²) in [6.07, 6.45) is 2.09. The van der Waals surface area contributed by atoms with Crippen molar-refractivity contribution in [2.45, 2.75) is 64.1 Å². The normalized spacial score (nSPS) is 21.3. The molecule has 0 aliphatic heterocycles. The van der Waals surface area contributed by atoms with E-state index in [9.17, 15) is 27.9 Å². The largest absolute Gasteiger partial charge is 0.481 e. The number of aliphatic carboxylic acids is 1. The first-order valence-electron chi connectivity index (χ1n) is 11.8. The molecule has 0 spiro atoms. The number of carboxylic acids is 1. The van der Waals surface area contributed by atoms with Crippen LogP contribution in [0, 0.1) is 11.3 Å². The number of hydrogen-bond donors (Lipinski definition) is 1. The van der Waals surface area contributed by atoms with Crippen LogP contribution in [0.25, 0.3) is 0 Å². The minimum absolute atomic E-state index is 0.129. The van der Waals surface area contributed by atoms with Gasteiger partial charge in [0.2, 0.25) is 0 Å². The zero-order valence-electron chi connectivity index (χ0n) is 19.7. The first-order valence-corrected chi connectivity index (χ1v) is 12.6. The van der Waals surface area contributed by atoms with Crippen molar-refractivity contribution in [1.82, 2.24) is 19.7 Å². The first kappa shape index (κ1) is 26.7. The molecule has 2 saturated carbocycles. The third-order valence-electron chi connectivity index (χ3n) is 7.23. The van der Waals surface area contributed by atoms with Gasteiger partial charge in [-0.1, -0.05) is 30.1 Å². The second-order valence-corrected chi connectivity index (χ2v) is 10.9. The molecule has 4 rings (SSSR count). The molecule has 196 valence electrons. The van der Waals surface area contributed by atoms with Crippen LogP contribution in [-0.4, -0.2) is 49.7 Å². The fourth-order valence-corrected chi connectivity index (χ4v) is 5.38. The Bertz CT molecular complexity index is 1120. The number of rotatable bonds is 8. The highest BCUT2D eigenvalue weighted by molar-refractivity contribution is 6.35. The summed E-state index contributed by atoms with van der Waals surface area (Å²) in [6.45, 7) is 2.43. The van der Waals surface area contributed by atoms with Crippen molar-refractivity contribution >= 4 is 35.1 Å². The molecule has 36 heavy (non-hydrogen) atoms. The van der Waals surface area contributed by atoms with Gasteiger partial charge in [0.1, 0.15) is 0 Å². The van der Waals surface area contributed by atoms with Gasteiger partial charge in [-0.15, -0.1) is 0 Å². The maximum Gasteiger partial charge on any atom is 0.433 e. The summed E-state index contributed by atoms with van der Waals surface area (Å²) in [5.41, 5.74) is -1.16. The van der Waals surface area contributed by atoms with E-state index in [-0.39, 0.29) is 44.1 Å². The molecular formula is C24H27Cl2F3N4O3. The Morgan fingerprint density at radius 1 is 1.14 bits per heavy atom. The van der Waals surface area contributed by atoms with Gasteiger partial charge in [-0.25, -0.2) is 0 Å². The fourth-order valence-electron chi connectivity index (χ4n) is 4.82. The Morgan fingerprint density at radius 2 is 1.75 bits per heavy atom. The fraction of sp³-hybridized carbons (Fsp3) is 0.583. The molecule has 7 nitrogen and oxygen atoms in total. The smallest absolute Gasteiger partial charge is 0.433 e. The van der Waals surface area contributed by atoms with Crippen LogP contribution in [-0.2, 0) is 17.4 Å². The van der Waals surface area contributed by atoms with Crippen LogP contribution < -0.4 is 0 Å². The number of carboxylic acid groups (broad SMARTS) is 1. The van der Waals surface area contributed by atoms with Gasteiger partial charge in [0, 0.05) is 25.5 Å². The number of aromatic nitrogens is 3. The van der Waals surface area contributed by atoms with Crippen molar-refractivity contribution in [3.05, 3.63) is 45.5 Å². The van der Waals surface area contributed by atoms with Crippen molar-refractivity contribution in [2.75, 3.05) is 13.1 Å².